The molecular weight excluding hydrogens is 272 g/mol. The van der Waals surface area contributed by atoms with E-state index in [4.69, 9.17) is 21.0 Å². The maximum atomic E-state index is 9.03. The average molecular weight is 278 g/mol. The Morgan fingerprint density at radius 3 is 1.27 bits per heavy atom. The number of nitrogens with zero attached hydrogens (tertiary/aromatic N) is 4. The van der Waals surface area contributed by atoms with Crippen molar-refractivity contribution in [2.75, 3.05) is 0 Å². The van der Waals surface area contributed by atoms with Crippen molar-refractivity contribution in [3.05, 3.63) is 57.7 Å². The number of allylic oxidation sites excluding steroid dienone is 6. The normalized spacial score (nSPS) is 12.7. The molecule has 0 spiro atoms. The van der Waals surface area contributed by atoms with Crippen molar-refractivity contribution < 1.29 is 0 Å². The van der Waals surface area contributed by atoms with E-state index in [1.54, 1.807) is 12.2 Å². The van der Waals surface area contributed by atoms with Crippen LogP contribution >= 0.6 is 0 Å². The van der Waals surface area contributed by atoms with Gasteiger partial charge >= 0.3 is 0 Å². The summed E-state index contributed by atoms with van der Waals surface area (Å²) in [6, 6.07) is 11.4. The minimum atomic E-state index is 0.0717. The summed E-state index contributed by atoms with van der Waals surface area (Å²) in [4.78, 5) is 0. The summed E-state index contributed by atoms with van der Waals surface area (Å²) in [6.07, 6.45) is 7.14. The molecular formula is C18H6N4. The Morgan fingerprint density at radius 1 is 0.591 bits per heavy atom. The van der Waals surface area contributed by atoms with Gasteiger partial charge in [0.1, 0.15) is 35.4 Å². The molecule has 98 valence electrons. The van der Waals surface area contributed by atoms with Crippen LogP contribution in [0.4, 0.5) is 0 Å². The number of hydrogen-bond acceptors (Lipinski definition) is 4. The topological polar surface area (TPSA) is 95.2 Å². The van der Waals surface area contributed by atoms with Gasteiger partial charge in [-0.05, 0) is 34.4 Å². The van der Waals surface area contributed by atoms with Crippen LogP contribution in [0.25, 0.3) is 23.3 Å². The fraction of sp³-hybridized carbons (Fsp3) is 0. The van der Waals surface area contributed by atoms with Gasteiger partial charge in [-0.1, -0.05) is 24.3 Å². The van der Waals surface area contributed by atoms with Gasteiger partial charge in [0.15, 0.2) is 0 Å². The van der Waals surface area contributed by atoms with Gasteiger partial charge in [-0.2, -0.15) is 21.0 Å². The molecule has 4 nitrogen and oxygen atoms in total. The van der Waals surface area contributed by atoms with Crippen molar-refractivity contribution in [2.24, 2.45) is 0 Å². The van der Waals surface area contributed by atoms with Gasteiger partial charge < -0.3 is 0 Å². The first kappa shape index (κ1) is 13.1. The van der Waals surface area contributed by atoms with Crippen molar-refractivity contribution in [1.29, 1.82) is 21.0 Å². The van der Waals surface area contributed by atoms with Crippen LogP contribution in [-0.2, 0) is 0 Å². The highest BCUT2D eigenvalue weighted by atomic mass is 14.3. The van der Waals surface area contributed by atoms with E-state index in [0.29, 0.717) is 11.1 Å². The molecule has 0 heterocycles. The molecule has 0 N–H and O–H groups in total. The summed E-state index contributed by atoms with van der Waals surface area (Å²) >= 11 is 0. The van der Waals surface area contributed by atoms with Crippen LogP contribution in [0.1, 0.15) is 22.3 Å². The third-order valence-electron chi connectivity index (χ3n) is 3.65. The molecule has 0 bridgehead atoms. The van der Waals surface area contributed by atoms with Gasteiger partial charge in [0.2, 0.25) is 0 Å². The first-order valence-corrected chi connectivity index (χ1v) is 6.37. The van der Waals surface area contributed by atoms with Crippen molar-refractivity contribution >= 4 is 23.3 Å². The van der Waals surface area contributed by atoms with Crippen molar-refractivity contribution in [1.82, 2.24) is 0 Å². The second-order valence-corrected chi connectivity index (χ2v) is 4.72. The minimum Gasteiger partial charge on any atom is -0.192 e. The molecule has 1 aromatic carbocycles. The Bertz CT molecular complexity index is 888. The Hall–Kier alpha value is -3.86. The molecule has 0 atom stereocenters. The maximum Gasteiger partial charge on any atom is 0.137 e. The van der Waals surface area contributed by atoms with Crippen LogP contribution in [0.5, 0.6) is 0 Å². The summed E-state index contributed by atoms with van der Waals surface area (Å²) < 4.78 is 0. The SMILES string of the molecule is N#CC(C#N)=C1C=Cc2cc3c(cc21)C=CC3=C(C#N)C#N. The quantitative estimate of drug-likeness (QED) is 0.680. The standard InChI is InChI=1S/C18H6N4/c19-7-13(8-20)15-3-1-11-5-18-12(6-17(11)15)2-4-16(18)14(9-21)10-22/h1-6H. The highest BCUT2D eigenvalue weighted by Gasteiger charge is 2.21. The van der Waals surface area contributed by atoms with Gasteiger partial charge in [-0.15, -0.1) is 0 Å². The molecule has 2 aliphatic carbocycles. The van der Waals surface area contributed by atoms with Gasteiger partial charge in [-0.3, -0.25) is 0 Å². The Balaban J connectivity index is 2.25. The molecule has 0 aromatic heterocycles. The first-order valence-electron chi connectivity index (χ1n) is 6.37. The number of rotatable bonds is 0. The molecule has 0 saturated heterocycles. The van der Waals surface area contributed by atoms with E-state index in [1.165, 1.54) is 0 Å². The number of fused-ring (bicyclic) bond motifs is 2. The van der Waals surface area contributed by atoms with E-state index in [0.717, 1.165) is 22.3 Å². The van der Waals surface area contributed by atoms with Crippen LogP contribution in [0.3, 0.4) is 0 Å². The Labute approximate surface area is 127 Å². The summed E-state index contributed by atoms with van der Waals surface area (Å²) in [5.74, 6) is 0. The lowest BCUT2D eigenvalue weighted by atomic mass is 9.94. The highest BCUT2D eigenvalue weighted by molar-refractivity contribution is 6.00. The molecule has 0 radical (unpaired) electrons. The molecule has 22 heavy (non-hydrogen) atoms. The molecule has 1 aromatic rings. The van der Waals surface area contributed by atoms with E-state index >= 15 is 0 Å². The number of hydrogen-bond donors (Lipinski definition) is 0. The smallest absolute Gasteiger partial charge is 0.137 e. The van der Waals surface area contributed by atoms with Crippen LogP contribution in [-0.4, -0.2) is 0 Å². The molecule has 4 heteroatoms. The summed E-state index contributed by atoms with van der Waals surface area (Å²) in [5, 5.41) is 36.1. The fourth-order valence-corrected chi connectivity index (χ4v) is 2.63. The monoisotopic (exact) mass is 278 g/mol. The van der Waals surface area contributed by atoms with Crippen LogP contribution < -0.4 is 0 Å². The molecule has 0 unspecified atom stereocenters. The van der Waals surface area contributed by atoms with E-state index in [2.05, 4.69) is 0 Å². The molecule has 0 fully saturated rings. The first-order chi connectivity index (χ1) is 10.7. The third kappa shape index (κ3) is 1.74. The largest absolute Gasteiger partial charge is 0.192 e. The zero-order valence-corrected chi connectivity index (χ0v) is 11.3. The molecule has 0 aliphatic heterocycles. The molecule has 2 aliphatic rings. The second-order valence-electron chi connectivity index (χ2n) is 4.72. The predicted octanol–water partition coefficient (Wildman–Crippen LogP) is 3.34. The zero-order chi connectivity index (χ0) is 15.7. The molecule has 0 saturated carbocycles. The van der Waals surface area contributed by atoms with Gasteiger partial charge in [0, 0.05) is 11.1 Å². The lowest BCUT2D eigenvalue weighted by molar-refractivity contribution is 1.45. The highest BCUT2D eigenvalue weighted by Crippen LogP contribution is 2.39. The predicted molar refractivity (Wildman–Crippen MR) is 80.8 cm³/mol. The van der Waals surface area contributed by atoms with E-state index in [9.17, 15) is 0 Å². The van der Waals surface area contributed by atoms with Gasteiger partial charge in [0.05, 0.1) is 0 Å². The van der Waals surface area contributed by atoms with Crippen molar-refractivity contribution in [3.63, 3.8) is 0 Å². The fourth-order valence-electron chi connectivity index (χ4n) is 2.63. The minimum absolute atomic E-state index is 0.0717. The van der Waals surface area contributed by atoms with Crippen molar-refractivity contribution in [3.8, 4) is 24.3 Å². The Kier molecular flexibility index (Phi) is 2.94. The lowest BCUT2D eigenvalue weighted by Gasteiger charge is -2.07. The average Bonchev–Trinajstić information content (AvgIpc) is 3.13. The number of nitriles is 4. The van der Waals surface area contributed by atoms with E-state index < -0.39 is 0 Å². The third-order valence-corrected chi connectivity index (χ3v) is 3.65. The van der Waals surface area contributed by atoms with Crippen LogP contribution in [0.15, 0.2) is 35.4 Å². The number of benzene rings is 1. The molecule has 3 rings (SSSR count). The summed E-state index contributed by atoms with van der Waals surface area (Å²) in [6.45, 7) is 0. The Morgan fingerprint density at radius 2 is 0.955 bits per heavy atom. The summed E-state index contributed by atoms with van der Waals surface area (Å²) in [7, 11) is 0. The second kappa shape index (κ2) is 4.92. The van der Waals surface area contributed by atoms with Gasteiger partial charge in [-0.25, -0.2) is 0 Å². The van der Waals surface area contributed by atoms with Crippen LogP contribution in [0.2, 0.25) is 0 Å². The zero-order valence-electron chi connectivity index (χ0n) is 11.3. The van der Waals surface area contributed by atoms with Crippen molar-refractivity contribution in [2.45, 2.75) is 0 Å². The van der Waals surface area contributed by atoms with E-state index in [1.807, 2.05) is 48.6 Å². The van der Waals surface area contributed by atoms with Crippen LogP contribution in [0, 0.1) is 45.3 Å². The van der Waals surface area contributed by atoms with Gasteiger partial charge in [0.25, 0.3) is 0 Å². The molecule has 0 amide bonds. The maximum absolute atomic E-state index is 9.03. The van der Waals surface area contributed by atoms with E-state index in [-0.39, 0.29) is 11.1 Å². The summed E-state index contributed by atoms with van der Waals surface area (Å²) in [5.41, 5.74) is 4.73. The lowest BCUT2D eigenvalue weighted by Crippen LogP contribution is -1.91.